The lowest BCUT2D eigenvalue weighted by atomic mass is 10.2. The molecule has 0 aliphatic rings. The number of carbonyl (C=O) groups is 3. The van der Waals surface area contributed by atoms with E-state index < -0.39 is 17.8 Å². The first-order chi connectivity index (χ1) is 14.6. The van der Waals surface area contributed by atoms with Crippen molar-refractivity contribution in [2.24, 2.45) is 0 Å². The van der Waals surface area contributed by atoms with E-state index in [1.54, 1.807) is 43.3 Å². The molecule has 0 aliphatic carbocycles. The quantitative estimate of drug-likeness (QED) is 0.424. The second-order valence-corrected chi connectivity index (χ2v) is 6.24. The summed E-state index contributed by atoms with van der Waals surface area (Å²) in [6.07, 6.45) is 0. The first-order valence-corrected chi connectivity index (χ1v) is 9.37. The molecule has 3 rings (SSSR count). The predicted molar refractivity (Wildman–Crippen MR) is 116 cm³/mol. The van der Waals surface area contributed by atoms with E-state index in [1.165, 1.54) is 12.1 Å². The van der Waals surface area contributed by atoms with Crippen molar-refractivity contribution in [3.8, 4) is 0 Å². The fourth-order valence-electron chi connectivity index (χ4n) is 2.67. The van der Waals surface area contributed by atoms with Gasteiger partial charge in [-0.2, -0.15) is 0 Å². The summed E-state index contributed by atoms with van der Waals surface area (Å²) in [5.74, 6) is -2.31. The van der Waals surface area contributed by atoms with Crippen molar-refractivity contribution in [3.63, 3.8) is 0 Å². The predicted octanol–water partition coefficient (Wildman–Crippen LogP) is 4.18. The molecule has 0 fully saturated rings. The van der Waals surface area contributed by atoms with Crippen LogP contribution in [-0.4, -0.2) is 24.4 Å². The largest absolute Gasteiger partial charge is 0.462 e. The smallest absolute Gasteiger partial charge is 0.340 e. The maximum Gasteiger partial charge on any atom is 0.340 e. The molecule has 7 nitrogen and oxygen atoms in total. The number of benzene rings is 3. The first-order valence-electron chi connectivity index (χ1n) is 9.37. The Morgan fingerprint density at radius 1 is 0.700 bits per heavy atom. The maximum absolute atomic E-state index is 12.3. The highest BCUT2D eigenvalue weighted by atomic mass is 16.5. The van der Waals surface area contributed by atoms with Crippen LogP contribution in [0.2, 0.25) is 0 Å². The molecule has 0 aliphatic heterocycles. The number of anilines is 4. The molecule has 0 saturated carbocycles. The van der Waals surface area contributed by atoms with Crippen LogP contribution in [0.4, 0.5) is 22.7 Å². The maximum atomic E-state index is 12.3. The van der Waals surface area contributed by atoms with Crippen LogP contribution >= 0.6 is 0 Å². The fourth-order valence-corrected chi connectivity index (χ4v) is 2.67. The van der Waals surface area contributed by atoms with Crippen LogP contribution in [0.1, 0.15) is 17.3 Å². The summed E-state index contributed by atoms with van der Waals surface area (Å²) in [5, 5.41) is 8.21. The Hall–Kier alpha value is -4.13. The third-order valence-corrected chi connectivity index (χ3v) is 4.08. The van der Waals surface area contributed by atoms with E-state index in [4.69, 9.17) is 4.74 Å². The summed E-state index contributed by atoms with van der Waals surface area (Å²) >= 11 is 0. The second-order valence-electron chi connectivity index (χ2n) is 6.24. The van der Waals surface area contributed by atoms with Gasteiger partial charge in [0.1, 0.15) is 0 Å². The minimum absolute atomic E-state index is 0.178. The minimum Gasteiger partial charge on any atom is -0.462 e. The van der Waals surface area contributed by atoms with Crippen molar-refractivity contribution >= 4 is 40.5 Å². The Kier molecular flexibility index (Phi) is 6.78. The fraction of sp³-hybridized carbons (Fsp3) is 0.0870. The lowest BCUT2D eigenvalue weighted by Gasteiger charge is -2.11. The van der Waals surface area contributed by atoms with Gasteiger partial charge in [0.25, 0.3) is 0 Å². The van der Waals surface area contributed by atoms with Crippen LogP contribution in [-0.2, 0) is 14.3 Å². The Bertz CT molecular complexity index is 1030. The number of carbonyl (C=O) groups excluding carboxylic acids is 3. The van der Waals surface area contributed by atoms with Gasteiger partial charge < -0.3 is 20.7 Å². The lowest BCUT2D eigenvalue weighted by molar-refractivity contribution is -0.133. The number of para-hydroxylation sites is 2. The van der Waals surface area contributed by atoms with Crippen molar-refractivity contribution in [1.82, 2.24) is 0 Å². The zero-order valence-corrected chi connectivity index (χ0v) is 16.3. The third kappa shape index (κ3) is 5.45. The van der Waals surface area contributed by atoms with E-state index in [0.717, 1.165) is 11.4 Å². The topological polar surface area (TPSA) is 96.5 Å². The van der Waals surface area contributed by atoms with E-state index >= 15 is 0 Å². The standard InChI is InChI=1S/C23H21N3O4/c1-2-30-23(29)19-10-6-7-11-20(19)26-22(28)21(27)25-18-14-12-17(13-15-18)24-16-8-4-3-5-9-16/h3-15,24H,2H2,1H3,(H,25,27)(H,26,28). The van der Waals surface area contributed by atoms with Gasteiger partial charge in [-0.25, -0.2) is 4.79 Å². The molecule has 2 amide bonds. The van der Waals surface area contributed by atoms with Gasteiger partial charge in [-0.1, -0.05) is 30.3 Å². The number of esters is 1. The normalized spacial score (nSPS) is 10.0. The monoisotopic (exact) mass is 403 g/mol. The molecule has 0 spiro atoms. The molecule has 30 heavy (non-hydrogen) atoms. The van der Waals surface area contributed by atoms with E-state index in [-0.39, 0.29) is 17.9 Å². The Labute approximate surface area is 174 Å². The minimum atomic E-state index is -0.891. The molecule has 3 aromatic rings. The van der Waals surface area contributed by atoms with Crippen molar-refractivity contribution < 1.29 is 19.1 Å². The van der Waals surface area contributed by atoms with Crippen LogP contribution in [0, 0.1) is 0 Å². The van der Waals surface area contributed by atoms with E-state index in [9.17, 15) is 14.4 Å². The van der Waals surface area contributed by atoms with Gasteiger partial charge in [-0.15, -0.1) is 0 Å². The van der Waals surface area contributed by atoms with Gasteiger partial charge in [-0.3, -0.25) is 9.59 Å². The molecule has 152 valence electrons. The van der Waals surface area contributed by atoms with Crippen LogP contribution < -0.4 is 16.0 Å². The first kappa shape index (κ1) is 20.6. The van der Waals surface area contributed by atoms with Crippen molar-refractivity contribution in [2.75, 3.05) is 22.6 Å². The van der Waals surface area contributed by atoms with E-state index in [0.29, 0.717) is 5.69 Å². The van der Waals surface area contributed by atoms with Crippen LogP contribution in [0.25, 0.3) is 0 Å². The summed E-state index contributed by atoms with van der Waals surface area (Å²) in [6.45, 7) is 1.89. The molecule has 0 unspecified atom stereocenters. The number of ether oxygens (including phenoxy) is 1. The molecule has 0 bridgehead atoms. The number of hydrogen-bond acceptors (Lipinski definition) is 5. The number of nitrogens with one attached hydrogen (secondary N) is 3. The molecule has 0 saturated heterocycles. The van der Waals surface area contributed by atoms with Crippen LogP contribution in [0.5, 0.6) is 0 Å². The Morgan fingerprint density at radius 3 is 1.97 bits per heavy atom. The average molecular weight is 403 g/mol. The van der Waals surface area contributed by atoms with E-state index in [1.807, 2.05) is 30.3 Å². The zero-order chi connectivity index (χ0) is 21.3. The number of rotatable bonds is 6. The van der Waals surface area contributed by atoms with Crippen molar-refractivity contribution in [3.05, 3.63) is 84.4 Å². The average Bonchev–Trinajstić information content (AvgIpc) is 2.76. The summed E-state index contributed by atoms with van der Waals surface area (Å²) in [4.78, 5) is 36.5. The summed E-state index contributed by atoms with van der Waals surface area (Å²) in [6, 6.07) is 22.9. The lowest BCUT2D eigenvalue weighted by Crippen LogP contribution is -2.29. The Morgan fingerprint density at radius 2 is 1.27 bits per heavy atom. The highest BCUT2D eigenvalue weighted by molar-refractivity contribution is 6.44. The molecule has 7 heteroatoms. The second kappa shape index (κ2) is 9.88. The molecule has 0 heterocycles. The van der Waals surface area contributed by atoms with Gasteiger partial charge in [0.2, 0.25) is 0 Å². The van der Waals surface area contributed by atoms with Gasteiger partial charge in [-0.05, 0) is 55.5 Å². The third-order valence-electron chi connectivity index (χ3n) is 4.08. The summed E-state index contributed by atoms with van der Waals surface area (Å²) < 4.78 is 4.96. The summed E-state index contributed by atoms with van der Waals surface area (Å²) in [7, 11) is 0. The SMILES string of the molecule is CCOC(=O)c1ccccc1NC(=O)C(=O)Nc1ccc(Nc2ccccc2)cc1. The number of amides is 2. The highest BCUT2D eigenvalue weighted by Gasteiger charge is 2.18. The molecule has 0 radical (unpaired) electrons. The molecule has 0 atom stereocenters. The van der Waals surface area contributed by atoms with Gasteiger partial charge in [0.05, 0.1) is 17.9 Å². The van der Waals surface area contributed by atoms with Crippen LogP contribution in [0.15, 0.2) is 78.9 Å². The van der Waals surface area contributed by atoms with Gasteiger partial charge in [0, 0.05) is 17.1 Å². The molecule has 3 N–H and O–H groups in total. The highest BCUT2D eigenvalue weighted by Crippen LogP contribution is 2.19. The van der Waals surface area contributed by atoms with Gasteiger partial charge in [0.15, 0.2) is 0 Å². The number of hydrogen-bond donors (Lipinski definition) is 3. The van der Waals surface area contributed by atoms with Crippen molar-refractivity contribution in [1.29, 1.82) is 0 Å². The van der Waals surface area contributed by atoms with Crippen LogP contribution in [0.3, 0.4) is 0 Å². The van der Waals surface area contributed by atoms with E-state index in [2.05, 4.69) is 16.0 Å². The molecule has 3 aromatic carbocycles. The zero-order valence-electron chi connectivity index (χ0n) is 16.3. The van der Waals surface area contributed by atoms with Crippen molar-refractivity contribution in [2.45, 2.75) is 6.92 Å². The summed E-state index contributed by atoms with van der Waals surface area (Å²) in [5.41, 5.74) is 2.63. The molecule has 0 aromatic heterocycles. The van der Waals surface area contributed by atoms with Gasteiger partial charge >= 0.3 is 17.8 Å². The Balaban J connectivity index is 1.61. The molecular formula is C23H21N3O4. The molecular weight excluding hydrogens is 382 g/mol.